The van der Waals surface area contributed by atoms with Crippen molar-refractivity contribution < 1.29 is 19.5 Å². The molecule has 3 amide bonds. The van der Waals surface area contributed by atoms with Gasteiger partial charge in [-0.2, -0.15) is 0 Å². The normalized spacial score (nSPS) is 13.4. The molecule has 0 fully saturated rings. The van der Waals surface area contributed by atoms with Gasteiger partial charge in [-0.15, -0.1) is 0 Å². The maximum atomic E-state index is 12.9. The Morgan fingerprint density at radius 2 is 1.42 bits per heavy atom. The second kappa shape index (κ2) is 11.1. The van der Waals surface area contributed by atoms with Gasteiger partial charge in [-0.3, -0.25) is 14.4 Å². The molecule has 3 rings (SSSR count). The van der Waals surface area contributed by atoms with Crippen LogP contribution in [0.2, 0.25) is 0 Å². The molecular weight excluding hydrogens is 418 g/mol. The summed E-state index contributed by atoms with van der Waals surface area (Å²) in [5.74, 6) is -1.98. The van der Waals surface area contributed by atoms with Gasteiger partial charge in [0.2, 0.25) is 5.91 Å². The van der Waals surface area contributed by atoms with Crippen LogP contribution in [0.5, 0.6) is 0 Å². The number of nitrogens with one attached hydrogen (secondary N) is 2. The zero-order valence-corrected chi connectivity index (χ0v) is 18.3. The van der Waals surface area contributed by atoms with Crippen molar-refractivity contribution in [3.63, 3.8) is 0 Å². The first kappa shape index (κ1) is 23.7. The Labute approximate surface area is 192 Å². The number of aryl methyl sites for hydroxylation is 1. The first-order valence-corrected chi connectivity index (χ1v) is 10.6. The van der Waals surface area contributed by atoms with Crippen molar-refractivity contribution in [2.45, 2.75) is 31.5 Å². The van der Waals surface area contributed by atoms with Crippen molar-refractivity contribution in [3.8, 4) is 0 Å². The SMILES string of the molecule is Cc1ccc(C[C@@H](NC(=O)[C@H](O)[C@@H](NC(=O)c2ccccc2)c2ccccc2)C(N)=O)cc1. The van der Waals surface area contributed by atoms with Crippen molar-refractivity contribution in [2.24, 2.45) is 5.73 Å². The second-order valence-electron chi connectivity index (χ2n) is 7.83. The second-order valence-corrected chi connectivity index (χ2v) is 7.83. The Balaban J connectivity index is 1.78. The van der Waals surface area contributed by atoms with Crippen LogP contribution in [0.1, 0.15) is 33.1 Å². The number of aliphatic hydroxyl groups excluding tert-OH is 1. The third kappa shape index (κ3) is 6.51. The number of primary amides is 1. The Morgan fingerprint density at radius 1 is 0.848 bits per heavy atom. The Bertz CT molecular complexity index is 1090. The van der Waals surface area contributed by atoms with Crippen LogP contribution in [0.25, 0.3) is 0 Å². The average molecular weight is 446 g/mol. The minimum absolute atomic E-state index is 0.181. The minimum atomic E-state index is -1.65. The van der Waals surface area contributed by atoms with Crippen LogP contribution >= 0.6 is 0 Å². The maximum absolute atomic E-state index is 12.9. The molecule has 3 aromatic carbocycles. The molecule has 0 unspecified atom stereocenters. The number of rotatable bonds is 9. The highest BCUT2D eigenvalue weighted by molar-refractivity contribution is 5.95. The monoisotopic (exact) mass is 445 g/mol. The molecule has 3 atom stereocenters. The number of aliphatic hydroxyl groups is 1. The molecule has 7 heteroatoms. The standard InChI is InChI=1S/C26H27N3O4/c1-17-12-14-18(15-13-17)16-21(24(27)31)28-26(33)23(30)22(19-8-4-2-5-9-19)29-25(32)20-10-6-3-7-11-20/h2-15,21-23,30H,16H2,1H3,(H2,27,31)(H,28,33)(H,29,32)/t21-,22+,23-/m1/s1. The smallest absolute Gasteiger partial charge is 0.252 e. The van der Waals surface area contributed by atoms with Crippen molar-refractivity contribution in [1.29, 1.82) is 0 Å². The molecule has 170 valence electrons. The van der Waals surface area contributed by atoms with Gasteiger partial charge in [0, 0.05) is 12.0 Å². The molecule has 0 radical (unpaired) electrons. The molecule has 0 aliphatic heterocycles. The summed E-state index contributed by atoms with van der Waals surface area (Å²) < 4.78 is 0. The summed E-state index contributed by atoms with van der Waals surface area (Å²) in [6.07, 6.45) is -1.47. The van der Waals surface area contributed by atoms with Gasteiger partial charge < -0.3 is 21.5 Å². The van der Waals surface area contributed by atoms with Crippen LogP contribution < -0.4 is 16.4 Å². The lowest BCUT2D eigenvalue weighted by atomic mass is 9.99. The summed E-state index contributed by atoms with van der Waals surface area (Å²) >= 11 is 0. The van der Waals surface area contributed by atoms with E-state index in [0.717, 1.165) is 11.1 Å². The first-order valence-electron chi connectivity index (χ1n) is 10.6. The lowest BCUT2D eigenvalue weighted by Gasteiger charge is -2.26. The summed E-state index contributed by atoms with van der Waals surface area (Å²) in [7, 11) is 0. The number of carbonyl (C=O) groups excluding carboxylic acids is 3. The molecule has 0 aliphatic carbocycles. The van der Waals surface area contributed by atoms with Gasteiger partial charge in [-0.05, 0) is 30.2 Å². The van der Waals surface area contributed by atoms with Gasteiger partial charge in [-0.25, -0.2) is 0 Å². The summed E-state index contributed by atoms with van der Waals surface area (Å²) in [5.41, 5.74) is 8.31. The van der Waals surface area contributed by atoms with Crippen LogP contribution in [0.3, 0.4) is 0 Å². The van der Waals surface area contributed by atoms with Gasteiger partial charge in [0.05, 0.1) is 6.04 Å². The molecule has 0 aliphatic rings. The van der Waals surface area contributed by atoms with E-state index in [0.29, 0.717) is 11.1 Å². The number of carbonyl (C=O) groups is 3. The van der Waals surface area contributed by atoms with Crippen LogP contribution in [0.4, 0.5) is 0 Å². The number of amides is 3. The van der Waals surface area contributed by atoms with Crippen LogP contribution in [-0.4, -0.2) is 35.0 Å². The summed E-state index contributed by atoms with van der Waals surface area (Å²) in [4.78, 5) is 37.6. The third-order valence-corrected chi connectivity index (χ3v) is 5.29. The zero-order valence-electron chi connectivity index (χ0n) is 18.3. The highest BCUT2D eigenvalue weighted by Gasteiger charge is 2.31. The fraction of sp³-hybridized carbons (Fsp3) is 0.192. The number of hydrogen-bond donors (Lipinski definition) is 4. The van der Waals surface area contributed by atoms with E-state index in [9.17, 15) is 19.5 Å². The molecule has 3 aromatic rings. The van der Waals surface area contributed by atoms with Crippen molar-refractivity contribution >= 4 is 17.7 Å². The Morgan fingerprint density at radius 3 is 2.00 bits per heavy atom. The Hall–Kier alpha value is -3.97. The summed E-state index contributed by atoms with van der Waals surface area (Å²) in [6.45, 7) is 1.95. The van der Waals surface area contributed by atoms with E-state index in [-0.39, 0.29) is 6.42 Å². The molecular formula is C26H27N3O4. The molecule has 0 heterocycles. The van der Waals surface area contributed by atoms with Crippen molar-refractivity contribution in [3.05, 3.63) is 107 Å². The summed E-state index contributed by atoms with van der Waals surface area (Å²) in [5, 5.41) is 16.1. The zero-order chi connectivity index (χ0) is 23.8. The van der Waals surface area contributed by atoms with Gasteiger partial charge in [0.1, 0.15) is 6.04 Å². The average Bonchev–Trinajstić information content (AvgIpc) is 2.83. The van der Waals surface area contributed by atoms with E-state index in [4.69, 9.17) is 5.73 Å². The quantitative estimate of drug-likeness (QED) is 0.403. The van der Waals surface area contributed by atoms with E-state index < -0.39 is 35.9 Å². The van der Waals surface area contributed by atoms with E-state index >= 15 is 0 Å². The number of benzene rings is 3. The van der Waals surface area contributed by atoms with E-state index in [1.807, 2.05) is 31.2 Å². The van der Waals surface area contributed by atoms with E-state index in [2.05, 4.69) is 10.6 Å². The third-order valence-electron chi connectivity index (χ3n) is 5.29. The van der Waals surface area contributed by atoms with Gasteiger partial charge in [0.15, 0.2) is 6.10 Å². The topological polar surface area (TPSA) is 122 Å². The number of nitrogens with two attached hydrogens (primary N) is 1. The molecule has 0 aromatic heterocycles. The molecule has 0 spiro atoms. The van der Waals surface area contributed by atoms with Crippen LogP contribution in [0, 0.1) is 6.92 Å². The fourth-order valence-corrected chi connectivity index (χ4v) is 3.41. The predicted molar refractivity (Wildman–Crippen MR) is 125 cm³/mol. The van der Waals surface area contributed by atoms with Gasteiger partial charge in [-0.1, -0.05) is 78.4 Å². The lowest BCUT2D eigenvalue weighted by molar-refractivity contribution is -0.134. The van der Waals surface area contributed by atoms with Gasteiger partial charge >= 0.3 is 0 Å². The molecule has 0 saturated carbocycles. The largest absolute Gasteiger partial charge is 0.381 e. The molecule has 0 bridgehead atoms. The van der Waals surface area contributed by atoms with Crippen LogP contribution in [-0.2, 0) is 16.0 Å². The highest BCUT2D eigenvalue weighted by atomic mass is 16.3. The highest BCUT2D eigenvalue weighted by Crippen LogP contribution is 2.19. The lowest BCUT2D eigenvalue weighted by Crippen LogP contribution is -2.52. The van der Waals surface area contributed by atoms with Gasteiger partial charge in [0.25, 0.3) is 11.8 Å². The van der Waals surface area contributed by atoms with Crippen molar-refractivity contribution in [2.75, 3.05) is 0 Å². The number of hydrogen-bond acceptors (Lipinski definition) is 4. The molecule has 0 saturated heterocycles. The first-order chi connectivity index (χ1) is 15.8. The minimum Gasteiger partial charge on any atom is -0.381 e. The van der Waals surface area contributed by atoms with E-state index in [1.165, 1.54) is 0 Å². The molecule has 7 nitrogen and oxygen atoms in total. The molecule has 5 N–H and O–H groups in total. The summed E-state index contributed by atoms with van der Waals surface area (Å²) in [6, 6.07) is 22.6. The maximum Gasteiger partial charge on any atom is 0.252 e. The predicted octanol–water partition coefficient (Wildman–Crippen LogP) is 2.04. The Kier molecular flexibility index (Phi) is 7.94. The van der Waals surface area contributed by atoms with E-state index in [1.54, 1.807) is 60.7 Å². The van der Waals surface area contributed by atoms with Crippen molar-refractivity contribution in [1.82, 2.24) is 10.6 Å². The molecule has 33 heavy (non-hydrogen) atoms. The van der Waals surface area contributed by atoms with Crippen LogP contribution in [0.15, 0.2) is 84.9 Å². The fourth-order valence-electron chi connectivity index (χ4n) is 3.41.